The minimum atomic E-state index is -0.876. The fourth-order valence-corrected chi connectivity index (χ4v) is 3.23. The number of halogens is 1. The van der Waals surface area contributed by atoms with E-state index < -0.39 is 30.1 Å². The Morgan fingerprint density at radius 3 is 2.57 bits per heavy atom. The van der Waals surface area contributed by atoms with Crippen LogP contribution in [0.15, 0.2) is 24.4 Å². The topological polar surface area (TPSA) is 103 Å². The minimum absolute atomic E-state index is 0.186. The molecule has 1 aromatic rings. The van der Waals surface area contributed by atoms with E-state index in [0.29, 0.717) is 5.56 Å². The Balaban J connectivity index is 2.41. The zero-order chi connectivity index (χ0) is 21.0. The number of hydrogen-bond acceptors (Lipinski definition) is 6. The van der Waals surface area contributed by atoms with Gasteiger partial charge in [0.05, 0.1) is 25.7 Å². The van der Waals surface area contributed by atoms with Crippen molar-refractivity contribution < 1.29 is 28.6 Å². The third kappa shape index (κ3) is 4.56. The lowest BCUT2D eigenvalue weighted by molar-refractivity contribution is -0.150. The standard InChI is InChI=1S/C19H23ClN2O6/c1-6-27-18(24)11(4)28-15-8-13(20)12(7-14(15)26-5)17-16(10(3)23)9(2)21-19(25)22-17/h7-8,11,16-17H,2,6H2,1,3-5H3,(H2,21,22,25)/t11-,16+,17+/m1/s1. The van der Waals surface area contributed by atoms with Crippen LogP contribution in [0.4, 0.5) is 4.79 Å². The number of urea groups is 1. The van der Waals surface area contributed by atoms with Crippen molar-refractivity contribution in [3.63, 3.8) is 0 Å². The van der Waals surface area contributed by atoms with E-state index in [1.807, 2.05) is 0 Å². The summed E-state index contributed by atoms with van der Waals surface area (Å²) in [5.41, 5.74) is 0.749. The van der Waals surface area contributed by atoms with Gasteiger partial charge in [0.2, 0.25) is 0 Å². The highest BCUT2D eigenvalue weighted by atomic mass is 35.5. The van der Waals surface area contributed by atoms with Gasteiger partial charge in [-0.2, -0.15) is 0 Å². The molecule has 0 aliphatic carbocycles. The van der Waals surface area contributed by atoms with Gasteiger partial charge in [-0.3, -0.25) is 4.79 Å². The van der Waals surface area contributed by atoms with E-state index in [0.717, 1.165) is 0 Å². The second-order valence-corrected chi connectivity index (χ2v) is 6.63. The third-order valence-electron chi connectivity index (χ3n) is 4.25. The number of Topliss-reactive ketones (excluding diaryl/α,β-unsaturated/α-hetero) is 1. The van der Waals surface area contributed by atoms with Gasteiger partial charge in [0.1, 0.15) is 5.78 Å². The second-order valence-electron chi connectivity index (χ2n) is 6.23. The third-order valence-corrected chi connectivity index (χ3v) is 4.58. The van der Waals surface area contributed by atoms with Gasteiger partial charge < -0.3 is 24.8 Å². The molecule has 0 unspecified atom stereocenters. The fraction of sp³-hybridized carbons (Fsp3) is 0.421. The smallest absolute Gasteiger partial charge is 0.347 e. The molecule has 3 atom stereocenters. The first-order chi connectivity index (χ1) is 13.2. The molecule has 0 radical (unpaired) electrons. The Hall–Kier alpha value is -2.74. The molecule has 152 valence electrons. The van der Waals surface area contributed by atoms with Gasteiger partial charge in [0, 0.05) is 16.8 Å². The average molecular weight is 411 g/mol. The lowest BCUT2D eigenvalue weighted by Gasteiger charge is -2.34. The summed E-state index contributed by atoms with van der Waals surface area (Å²) in [7, 11) is 1.43. The van der Waals surface area contributed by atoms with Crippen molar-refractivity contribution in [3.05, 3.63) is 35.0 Å². The molecule has 0 aromatic heterocycles. The van der Waals surface area contributed by atoms with Crippen molar-refractivity contribution in [2.24, 2.45) is 5.92 Å². The van der Waals surface area contributed by atoms with Crippen molar-refractivity contribution in [2.75, 3.05) is 13.7 Å². The van der Waals surface area contributed by atoms with E-state index in [-0.39, 0.29) is 34.6 Å². The maximum Gasteiger partial charge on any atom is 0.347 e. The average Bonchev–Trinajstić information content (AvgIpc) is 2.60. The lowest BCUT2D eigenvalue weighted by atomic mass is 9.86. The summed E-state index contributed by atoms with van der Waals surface area (Å²) < 4.78 is 15.9. The van der Waals surface area contributed by atoms with Gasteiger partial charge in [-0.25, -0.2) is 9.59 Å². The van der Waals surface area contributed by atoms with Gasteiger partial charge >= 0.3 is 12.0 Å². The number of methoxy groups -OCH3 is 1. The highest BCUT2D eigenvalue weighted by Gasteiger charge is 2.37. The molecular weight excluding hydrogens is 388 g/mol. The van der Waals surface area contributed by atoms with Gasteiger partial charge in [-0.05, 0) is 32.4 Å². The van der Waals surface area contributed by atoms with Crippen LogP contribution in [-0.2, 0) is 14.3 Å². The Morgan fingerprint density at radius 2 is 2.00 bits per heavy atom. The predicted molar refractivity (Wildman–Crippen MR) is 102 cm³/mol. The van der Waals surface area contributed by atoms with Crippen LogP contribution in [0.1, 0.15) is 32.4 Å². The van der Waals surface area contributed by atoms with Crippen LogP contribution in [0.2, 0.25) is 5.02 Å². The molecule has 1 heterocycles. The molecule has 1 aliphatic rings. The van der Waals surface area contributed by atoms with Crippen LogP contribution < -0.4 is 20.1 Å². The van der Waals surface area contributed by atoms with E-state index in [2.05, 4.69) is 17.2 Å². The van der Waals surface area contributed by atoms with Gasteiger partial charge in [0.15, 0.2) is 17.6 Å². The zero-order valence-electron chi connectivity index (χ0n) is 16.1. The summed E-state index contributed by atoms with van der Waals surface area (Å²) >= 11 is 6.42. The number of nitrogens with one attached hydrogen (secondary N) is 2. The van der Waals surface area contributed by atoms with E-state index in [4.69, 9.17) is 25.8 Å². The molecule has 28 heavy (non-hydrogen) atoms. The Labute approximate surface area is 168 Å². The van der Waals surface area contributed by atoms with Crippen molar-refractivity contribution in [3.8, 4) is 11.5 Å². The number of benzene rings is 1. The molecule has 1 saturated heterocycles. The number of carbonyl (C=O) groups excluding carboxylic acids is 3. The first kappa shape index (κ1) is 21.6. The summed E-state index contributed by atoms with van der Waals surface area (Å²) in [5, 5.41) is 5.43. The first-order valence-corrected chi connectivity index (χ1v) is 9.04. The normalized spacial score (nSPS) is 19.9. The summed E-state index contributed by atoms with van der Waals surface area (Å²) in [6.07, 6.45) is -0.876. The monoisotopic (exact) mass is 410 g/mol. The van der Waals surface area contributed by atoms with E-state index in [1.165, 1.54) is 20.1 Å². The summed E-state index contributed by atoms with van der Waals surface area (Å²) in [6.45, 7) is 8.65. The van der Waals surface area contributed by atoms with Crippen LogP contribution in [0.5, 0.6) is 11.5 Å². The maximum atomic E-state index is 12.1. The second kappa shape index (κ2) is 8.97. The fourth-order valence-electron chi connectivity index (χ4n) is 2.96. The van der Waals surface area contributed by atoms with E-state index in [9.17, 15) is 14.4 Å². The number of esters is 1. The number of ether oxygens (including phenoxy) is 3. The van der Waals surface area contributed by atoms with Gasteiger partial charge in [-0.15, -0.1) is 0 Å². The number of carbonyl (C=O) groups is 3. The molecular formula is C19H23ClN2O6. The first-order valence-electron chi connectivity index (χ1n) is 8.67. The molecule has 2 N–H and O–H groups in total. The van der Waals surface area contributed by atoms with E-state index >= 15 is 0 Å². The van der Waals surface area contributed by atoms with Gasteiger partial charge in [0.25, 0.3) is 0 Å². The number of amides is 2. The number of ketones is 1. The largest absolute Gasteiger partial charge is 0.493 e. The SMILES string of the molecule is C=C1NC(=O)N[C@@H](c2cc(OC)c(O[C@H](C)C(=O)OCC)cc2Cl)[C@@H]1C(C)=O. The van der Waals surface area contributed by atoms with Crippen LogP contribution in [0.25, 0.3) is 0 Å². The maximum absolute atomic E-state index is 12.1. The summed E-state index contributed by atoms with van der Waals surface area (Å²) in [5.74, 6) is -0.895. The van der Waals surface area contributed by atoms with Crippen LogP contribution in [-0.4, -0.2) is 37.6 Å². The molecule has 2 rings (SSSR count). The number of hydrogen-bond donors (Lipinski definition) is 2. The minimum Gasteiger partial charge on any atom is -0.493 e. The van der Waals surface area contributed by atoms with Crippen molar-refractivity contribution in [1.82, 2.24) is 10.6 Å². The van der Waals surface area contributed by atoms with Crippen LogP contribution in [0.3, 0.4) is 0 Å². The van der Waals surface area contributed by atoms with Crippen molar-refractivity contribution in [2.45, 2.75) is 32.9 Å². The zero-order valence-corrected chi connectivity index (χ0v) is 16.9. The molecule has 9 heteroatoms. The van der Waals surface area contributed by atoms with E-state index in [1.54, 1.807) is 19.9 Å². The molecule has 2 amide bonds. The summed E-state index contributed by atoms with van der Waals surface area (Å²) in [6, 6.07) is 1.82. The molecule has 1 aliphatic heterocycles. The molecule has 0 bridgehead atoms. The van der Waals surface area contributed by atoms with Crippen LogP contribution in [0, 0.1) is 5.92 Å². The Bertz CT molecular complexity index is 810. The Morgan fingerprint density at radius 1 is 1.32 bits per heavy atom. The molecule has 0 saturated carbocycles. The lowest BCUT2D eigenvalue weighted by Crippen LogP contribution is -2.50. The van der Waals surface area contributed by atoms with Crippen molar-refractivity contribution in [1.29, 1.82) is 0 Å². The highest BCUT2D eigenvalue weighted by molar-refractivity contribution is 6.31. The summed E-state index contributed by atoms with van der Waals surface area (Å²) in [4.78, 5) is 35.8. The molecule has 8 nitrogen and oxygen atoms in total. The predicted octanol–water partition coefficient (Wildman–Crippen LogP) is 2.75. The quantitative estimate of drug-likeness (QED) is 0.670. The Kier molecular flexibility index (Phi) is 6.90. The molecule has 0 spiro atoms. The van der Waals surface area contributed by atoms with Crippen LogP contribution >= 0.6 is 11.6 Å². The van der Waals surface area contributed by atoms with Crippen molar-refractivity contribution >= 4 is 29.4 Å². The number of rotatable bonds is 7. The molecule has 1 aromatic carbocycles. The molecule has 1 fully saturated rings. The highest BCUT2D eigenvalue weighted by Crippen LogP contribution is 2.40. The van der Waals surface area contributed by atoms with Gasteiger partial charge in [-0.1, -0.05) is 18.2 Å².